The lowest BCUT2D eigenvalue weighted by atomic mass is 10.0. The Morgan fingerprint density at radius 1 is 1.34 bits per heavy atom. The number of benzene rings is 1. The van der Waals surface area contributed by atoms with E-state index in [9.17, 15) is 9.18 Å². The summed E-state index contributed by atoms with van der Waals surface area (Å²) in [7, 11) is 0. The molecule has 1 fully saturated rings. The number of carbonyl (C=O) groups is 1. The van der Waals surface area contributed by atoms with Crippen LogP contribution in [-0.2, 0) is 9.53 Å². The number of nitrogens with one attached hydrogen (secondary N) is 1. The quantitative estimate of drug-likeness (QED) is 0.404. The lowest BCUT2D eigenvalue weighted by molar-refractivity contribution is -0.135. The van der Waals surface area contributed by atoms with Gasteiger partial charge in [-0.15, -0.1) is 0 Å². The molecule has 2 aromatic rings. The fourth-order valence-corrected chi connectivity index (χ4v) is 5.12. The van der Waals surface area contributed by atoms with Gasteiger partial charge in [-0.3, -0.25) is 9.48 Å². The molecular weight excluding hydrogens is 494 g/mol. The van der Waals surface area contributed by atoms with Crippen molar-refractivity contribution in [3.05, 3.63) is 75.5 Å². The van der Waals surface area contributed by atoms with Crippen LogP contribution in [0.2, 0.25) is 10.0 Å². The number of allylic oxidation sites excluding steroid dienone is 4. The third-order valence-electron chi connectivity index (χ3n) is 6.42. The van der Waals surface area contributed by atoms with Gasteiger partial charge in [0.15, 0.2) is 0 Å². The van der Waals surface area contributed by atoms with Gasteiger partial charge in [-0.2, -0.15) is 5.10 Å². The molecule has 2 unspecified atom stereocenters. The fraction of sp³-hybridized carbons (Fsp3) is 0.400. The third-order valence-corrected chi connectivity index (χ3v) is 7.13. The van der Waals surface area contributed by atoms with Crippen LogP contribution in [0.5, 0.6) is 0 Å². The van der Waals surface area contributed by atoms with Crippen molar-refractivity contribution in [2.45, 2.75) is 44.2 Å². The van der Waals surface area contributed by atoms with Crippen LogP contribution in [0.1, 0.15) is 55.4 Å². The number of carbonyl (C=O) groups excluding carboxylic acids is 1. The second-order valence-corrected chi connectivity index (χ2v) is 9.49. The van der Waals surface area contributed by atoms with E-state index in [0.29, 0.717) is 41.6 Å². The molecule has 2 atom stereocenters. The van der Waals surface area contributed by atoms with Gasteiger partial charge in [0.2, 0.25) is 5.91 Å². The average Bonchev–Trinajstić information content (AvgIpc) is 3.28. The van der Waals surface area contributed by atoms with Crippen LogP contribution in [0.15, 0.2) is 48.5 Å². The first-order chi connectivity index (χ1) is 16.8. The Morgan fingerprint density at radius 3 is 2.80 bits per heavy atom. The van der Waals surface area contributed by atoms with Crippen LogP contribution >= 0.6 is 23.2 Å². The second kappa shape index (κ2) is 10.9. The first-order valence-electron chi connectivity index (χ1n) is 11.5. The van der Waals surface area contributed by atoms with Crippen LogP contribution in [0.25, 0.3) is 0 Å². The summed E-state index contributed by atoms with van der Waals surface area (Å²) < 4.78 is 22.0. The van der Waals surface area contributed by atoms with Gasteiger partial charge in [0.05, 0.1) is 23.0 Å². The lowest BCUT2D eigenvalue weighted by Crippen LogP contribution is -2.40. The number of amides is 1. The molecule has 186 valence electrons. The summed E-state index contributed by atoms with van der Waals surface area (Å²) in [6.45, 7) is 2.42. The Balaban J connectivity index is 1.50. The standard InChI is InChI=1S/C25H27Cl2FN4O3/c1-15(24-19(26)5-6-20(28)25(24)27)35-22-11-16(3-2-4-21(22)29)17-12-30-32(13-17)18-7-9-31(10-8-18)23(34)14-33/h2-3,5-6,11-13,15-16,18,29,33H,4,7-10,14H2,1H3. The van der Waals surface area contributed by atoms with Crippen LogP contribution in [0.3, 0.4) is 0 Å². The molecule has 1 amide bonds. The van der Waals surface area contributed by atoms with E-state index in [0.717, 1.165) is 18.4 Å². The molecule has 10 heteroatoms. The van der Waals surface area contributed by atoms with Crippen molar-refractivity contribution in [3.63, 3.8) is 0 Å². The molecule has 2 heterocycles. The average molecular weight is 521 g/mol. The summed E-state index contributed by atoms with van der Waals surface area (Å²) in [4.78, 5) is 13.4. The fourth-order valence-electron chi connectivity index (χ4n) is 4.44. The number of halogens is 3. The zero-order valence-corrected chi connectivity index (χ0v) is 20.8. The highest BCUT2D eigenvalue weighted by molar-refractivity contribution is 6.36. The highest BCUT2D eigenvalue weighted by Gasteiger charge is 2.26. The van der Waals surface area contributed by atoms with Gasteiger partial charge in [-0.25, -0.2) is 4.39 Å². The SMILES string of the molecule is CC(OC1=CC(c2cnn(C3CCN(C(=O)CO)CC3)c2)C=CCC1=N)c1c(Cl)ccc(F)c1Cl. The predicted octanol–water partition coefficient (Wildman–Crippen LogP) is 5.21. The van der Waals surface area contributed by atoms with Crippen molar-refractivity contribution in [1.82, 2.24) is 14.7 Å². The minimum absolute atomic E-state index is 0.0894. The molecule has 1 aliphatic heterocycles. The van der Waals surface area contributed by atoms with Gasteiger partial charge in [-0.05, 0) is 38.0 Å². The first kappa shape index (κ1) is 25.4. The van der Waals surface area contributed by atoms with E-state index in [-0.39, 0.29) is 22.9 Å². The molecule has 0 spiro atoms. The monoisotopic (exact) mass is 520 g/mol. The second-order valence-electron chi connectivity index (χ2n) is 8.71. The highest BCUT2D eigenvalue weighted by atomic mass is 35.5. The minimum atomic E-state index is -0.661. The summed E-state index contributed by atoms with van der Waals surface area (Å²) in [5.41, 5.74) is 1.59. The van der Waals surface area contributed by atoms with Crippen molar-refractivity contribution in [2.75, 3.05) is 19.7 Å². The maximum absolute atomic E-state index is 14.0. The van der Waals surface area contributed by atoms with E-state index < -0.39 is 18.5 Å². The summed E-state index contributed by atoms with van der Waals surface area (Å²) in [5.74, 6) is -0.607. The smallest absolute Gasteiger partial charge is 0.248 e. The largest absolute Gasteiger partial charge is 0.484 e. The summed E-state index contributed by atoms with van der Waals surface area (Å²) in [6, 6.07) is 2.81. The molecule has 0 bridgehead atoms. The van der Waals surface area contributed by atoms with Crippen LogP contribution in [0, 0.1) is 11.2 Å². The third kappa shape index (κ3) is 5.60. The lowest BCUT2D eigenvalue weighted by Gasteiger charge is -2.31. The minimum Gasteiger partial charge on any atom is -0.484 e. The van der Waals surface area contributed by atoms with Crippen LogP contribution in [0.4, 0.5) is 4.39 Å². The van der Waals surface area contributed by atoms with E-state index in [1.165, 1.54) is 12.1 Å². The summed E-state index contributed by atoms with van der Waals surface area (Å²) in [6.07, 6.45) is 10.8. The molecule has 1 saturated heterocycles. The predicted molar refractivity (Wildman–Crippen MR) is 132 cm³/mol. The number of piperidine rings is 1. The molecule has 1 aromatic heterocycles. The van der Waals surface area contributed by atoms with Crippen molar-refractivity contribution >= 4 is 34.8 Å². The van der Waals surface area contributed by atoms with Gasteiger partial charge in [-0.1, -0.05) is 35.4 Å². The Bertz CT molecular complexity index is 1170. The number of likely N-dealkylation sites (tertiary alicyclic amines) is 1. The topological polar surface area (TPSA) is 91.4 Å². The Hall–Kier alpha value is -2.68. The van der Waals surface area contributed by atoms with E-state index >= 15 is 0 Å². The zero-order valence-electron chi connectivity index (χ0n) is 19.3. The Kier molecular flexibility index (Phi) is 7.94. The molecule has 35 heavy (non-hydrogen) atoms. The van der Waals surface area contributed by atoms with Crippen molar-refractivity contribution < 1.29 is 19.0 Å². The molecule has 2 aliphatic rings. The maximum atomic E-state index is 14.0. The first-order valence-corrected chi connectivity index (χ1v) is 12.2. The number of hydrogen-bond acceptors (Lipinski definition) is 5. The van der Waals surface area contributed by atoms with E-state index in [4.69, 9.17) is 38.5 Å². The van der Waals surface area contributed by atoms with Gasteiger partial charge < -0.3 is 20.2 Å². The number of hydrogen-bond donors (Lipinski definition) is 2. The Morgan fingerprint density at radius 2 is 2.09 bits per heavy atom. The molecule has 0 saturated carbocycles. The van der Waals surface area contributed by atoms with Crippen molar-refractivity contribution in [3.8, 4) is 0 Å². The number of nitrogens with zero attached hydrogens (tertiary/aromatic N) is 3. The molecule has 0 radical (unpaired) electrons. The van der Waals surface area contributed by atoms with Crippen LogP contribution < -0.4 is 0 Å². The van der Waals surface area contributed by atoms with E-state index in [1.54, 1.807) is 18.0 Å². The number of rotatable bonds is 6. The van der Waals surface area contributed by atoms with Gasteiger partial charge in [0, 0.05) is 47.8 Å². The van der Waals surface area contributed by atoms with Crippen molar-refractivity contribution in [2.24, 2.45) is 0 Å². The summed E-state index contributed by atoms with van der Waals surface area (Å²) >= 11 is 12.4. The molecule has 1 aromatic carbocycles. The highest BCUT2D eigenvalue weighted by Crippen LogP contribution is 2.36. The number of aliphatic hydroxyl groups excluding tert-OH is 1. The van der Waals surface area contributed by atoms with Gasteiger partial charge in [0.25, 0.3) is 0 Å². The van der Waals surface area contributed by atoms with Gasteiger partial charge in [0.1, 0.15) is 24.3 Å². The molecule has 7 nitrogen and oxygen atoms in total. The summed E-state index contributed by atoms with van der Waals surface area (Å²) in [5, 5.41) is 22.2. The zero-order chi connectivity index (χ0) is 25.1. The number of ether oxygens (including phenoxy) is 1. The number of aliphatic hydroxyl groups is 1. The van der Waals surface area contributed by atoms with Crippen LogP contribution in [-0.4, -0.2) is 51.1 Å². The molecular formula is C25H27Cl2FN4O3. The van der Waals surface area contributed by atoms with Gasteiger partial charge >= 0.3 is 0 Å². The molecule has 2 N–H and O–H groups in total. The van der Waals surface area contributed by atoms with E-state index in [1.807, 2.05) is 29.1 Å². The normalized spacial score (nSPS) is 19.9. The van der Waals surface area contributed by atoms with Crippen molar-refractivity contribution in [1.29, 1.82) is 5.41 Å². The van der Waals surface area contributed by atoms with E-state index in [2.05, 4.69) is 5.10 Å². The molecule has 1 aliphatic carbocycles. The number of aromatic nitrogens is 2. The molecule has 4 rings (SSSR count). The maximum Gasteiger partial charge on any atom is 0.248 e. The Labute approximate surface area is 213 Å².